The van der Waals surface area contributed by atoms with Crippen LogP contribution in [0.4, 0.5) is 0 Å². The molecule has 0 atom stereocenters. The first-order valence-corrected chi connectivity index (χ1v) is 6.25. The second-order valence-corrected chi connectivity index (χ2v) is 4.81. The molecule has 2 aromatic rings. The van der Waals surface area contributed by atoms with E-state index in [9.17, 15) is 4.79 Å². The number of nitrogens with zero attached hydrogens (tertiary/aromatic N) is 5. The van der Waals surface area contributed by atoms with E-state index < -0.39 is 0 Å². The fourth-order valence-corrected chi connectivity index (χ4v) is 2.22. The molecule has 0 saturated carbocycles. The van der Waals surface area contributed by atoms with Crippen LogP contribution in [0.25, 0.3) is 0 Å². The Morgan fingerprint density at radius 3 is 2.85 bits per heavy atom. The number of carbonyl (C=O) groups excluding carboxylic acids is 1. The first-order chi connectivity index (χ1) is 9.58. The average molecular weight is 277 g/mol. The van der Waals surface area contributed by atoms with Crippen LogP contribution in [0.2, 0.25) is 0 Å². The molecular formula is C12H15N5O3. The van der Waals surface area contributed by atoms with Gasteiger partial charge in [0.25, 0.3) is 5.91 Å². The van der Waals surface area contributed by atoms with E-state index in [2.05, 4.69) is 15.2 Å². The summed E-state index contributed by atoms with van der Waals surface area (Å²) in [5.41, 5.74) is 0.468. The lowest BCUT2D eigenvalue weighted by Crippen LogP contribution is -2.48. The van der Waals surface area contributed by atoms with Gasteiger partial charge >= 0.3 is 0 Å². The number of methoxy groups -OCH3 is 1. The molecule has 1 saturated heterocycles. The van der Waals surface area contributed by atoms with Gasteiger partial charge < -0.3 is 14.2 Å². The van der Waals surface area contributed by atoms with E-state index >= 15 is 0 Å². The molecule has 0 N–H and O–H groups in total. The molecule has 0 bridgehead atoms. The van der Waals surface area contributed by atoms with Crippen molar-refractivity contribution in [1.29, 1.82) is 0 Å². The maximum absolute atomic E-state index is 12.3. The van der Waals surface area contributed by atoms with Gasteiger partial charge in [-0.2, -0.15) is 4.98 Å². The molecule has 8 heteroatoms. The molecule has 106 valence electrons. The minimum Gasteiger partial charge on any atom is -0.479 e. The van der Waals surface area contributed by atoms with Gasteiger partial charge in [-0.1, -0.05) is 5.16 Å². The van der Waals surface area contributed by atoms with Crippen molar-refractivity contribution >= 4 is 5.91 Å². The zero-order valence-electron chi connectivity index (χ0n) is 11.5. The number of hydrogen-bond acceptors (Lipinski definition) is 6. The van der Waals surface area contributed by atoms with E-state index in [-0.39, 0.29) is 11.8 Å². The van der Waals surface area contributed by atoms with E-state index in [1.54, 1.807) is 29.7 Å². The van der Waals surface area contributed by atoms with Crippen LogP contribution in [0, 0.1) is 6.92 Å². The zero-order valence-corrected chi connectivity index (χ0v) is 11.5. The van der Waals surface area contributed by atoms with Crippen molar-refractivity contribution in [3.63, 3.8) is 0 Å². The third-order valence-electron chi connectivity index (χ3n) is 3.28. The quantitative estimate of drug-likeness (QED) is 0.805. The van der Waals surface area contributed by atoms with Crippen LogP contribution in [0.5, 0.6) is 5.88 Å². The maximum Gasteiger partial charge on any atom is 0.261 e. The van der Waals surface area contributed by atoms with Gasteiger partial charge in [-0.15, -0.1) is 5.10 Å². The van der Waals surface area contributed by atoms with Crippen molar-refractivity contribution in [3.05, 3.63) is 23.5 Å². The predicted molar refractivity (Wildman–Crippen MR) is 67.4 cm³/mol. The van der Waals surface area contributed by atoms with E-state index in [4.69, 9.17) is 9.26 Å². The van der Waals surface area contributed by atoms with Crippen LogP contribution in [0.15, 0.2) is 10.7 Å². The number of likely N-dealkylation sites (tertiary alicyclic amines) is 1. The molecule has 0 radical (unpaired) electrons. The van der Waals surface area contributed by atoms with Crippen molar-refractivity contribution in [2.24, 2.45) is 7.05 Å². The molecule has 0 aliphatic carbocycles. The molecular weight excluding hydrogens is 262 g/mol. The minimum absolute atomic E-state index is 0.0950. The van der Waals surface area contributed by atoms with Crippen LogP contribution in [-0.4, -0.2) is 50.9 Å². The highest BCUT2D eigenvalue weighted by atomic mass is 16.5. The summed E-state index contributed by atoms with van der Waals surface area (Å²) in [6.45, 7) is 2.91. The van der Waals surface area contributed by atoms with E-state index in [0.29, 0.717) is 36.2 Å². The summed E-state index contributed by atoms with van der Waals surface area (Å²) in [7, 11) is 3.25. The molecule has 3 rings (SSSR count). The van der Waals surface area contributed by atoms with E-state index in [1.807, 2.05) is 0 Å². The fraction of sp³-hybridized carbons (Fsp3) is 0.500. The molecule has 0 spiro atoms. The summed E-state index contributed by atoms with van der Waals surface area (Å²) in [6.07, 6.45) is 1.66. The number of aryl methyl sites for hydroxylation is 2. The Morgan fingerprint density at radius 1 is 1.50 bits per heavy atom. The Bertz CT molecular complexity index is 641. The Hall–Kier alpha value is -2.38. The first kappa shape index (κ1) is 12.6. The monoisotopic (exact) mass is 277 g/mol. The van der Waals surface area contributed by atoms with Gasteiger partial charge in [0.1, 0.15) is 5.56 Å². The van der Waals surface area contributed by atoms with Crippen LogP contribution >= 0.6 is 0 Å². The third kappa shape index (κ3) is 2.02. The lowest BCUT2D eigenvalue weighted by atomic mass is 9.99. The van der Waals surface area contributed by atoms with E-state index in [0.717, 1.165) is 0 Å². The predicted octanol–water partition coefficient (Wildman–Crippen LogP) is 0.360. The second-order valence-electron chi connectivity index (χ2n) is 4.81. The summed E-state index contributed by atoms with van der Waals surface area (Å²) >= 11 is 0. The second kappa shape index (κ2) is 4.62. The summed E-state index contributed by atoms with van der Waals surface area (Å²) in [5.74, 6) is 1.56. The SMILES string of the molecule is COc1nn(C)cc1C(=O)N1CC(c2nc(C)no2)C1. The number of carbonyl (C=O) groups is 1. The highest BCUT2D eigenvalue weighted by molar-refractivity contribution is 5.96. The number of aromatic nitrogens is 4. The van der Waals surface area contributed by atoms with Crippen LogP contribution in [-0.2, 0) is 7.05 Å². The zero-order chi connectivity index (χ0) is 14.3. The Morgan fingerprint density at radius 2 is 2.25 bits per heavy atom. The summed E-state index contributed by atoms with van der Waals surface area (Å²) in [5, 5.41) is 7.83. The molecule has 0 aromatic carbocycles. The van der Waals surface area contributed by atoms with Gasteiger partial charge in [-0.25, -0.2) is 0 Å². The Kier molecular flexibility index (Phi) is 2.92. The van der Waals surface area contributed by atoms with Crippen molar-refractivity contribution in [2.45, 2.75) is 12.8 Å². The van der Waals surface area contributed by atoms with Gasteiger partial charge in [0, 0.05) is 26.3 Å². The largest absolute Gasteiger partial charge is 0.479 e. The van der Waals surface area contributed by atoms with Crippen molar-refractivity contribution in [1.82, 2.24) is 24.8 Å². The molecule has 0 unspecified atom stereocenters. The first-order valence-electron chi connectivity index (χ1n) is 6.25. The van der Waals surface area contributed by atoms with Crippen molar-refractivity contribution in [2.75, 3.05) is 20.2 Å². The summed E-state index contributed by atoms with van der Waals surface area (Å²) in [6, 6.07) is 0. The lowest BCUT2D eigenvalue weighted by Gasteiger charge is -2.36. The smallest absolute Gasteiger partial charge is 0.261 e. The maximum atomic E-state index is 12.3. The topological polar surface area (TPSA) is 86.3 Å². The Balaban J connectivity index is 1.68. The fourth-order valence-electron chi connectivity index (χ4n) is 2.22. The number of hydrogen-bond donors (Lipinski definition) is 0. The standard InChI is InChI=1S/C12H15N5O3/c1-7-13-10(20-15-7)8-4-17(5-8)12(18)9-6-16(2)14-11(9)19-3/h6,8H,4-5H2,1-3H3. The molecule has 2 aromatic heterocycles. The molecule has 1 aliphatic rings. The van der Waals surface area contributed by atoms with Gasteiger partial charge in [-0.05, 0) is 6.92 Å². The summed E-state index contributed by atoms with van der Waals surface area (Å²) in [4.78, 5) is 18.2. The number of amides is 1. The lowest BCUT2D eigenvalue weighted by molar-refractivity contribution is 0.0566. The van der Waals surface area contributed by atoms with Crippen molar-refractivity contribution < 1.29 is 14.1 Å². The highest BCUT2D eigenvalue weighted by Gasteiger charge is 2.37. The van der Waals surface area contributed by atoms with Gasteiger partial charge in [-0.3, -0.25) is 9.48 Å². The highest BCUT2D eigenvalue weighted by Crippen LogP contribution is 2.28. The average Bonchev–Trinajstić information content (AvgIpc) is 2.93. The molecule has 3 heterocycles. The van der Waals surface area contributed by atoms with Crippen molar-refractivity contribution in [3.8, 4) is 5.88 Å². The molecule has 20 heavy (non-hydrogen) atoms. The third-order valence-corrected chi connectivity index (χ3v) is 3.28. The molecule has 1 aliphatic heterocycles. The number of ether oxygens (including phenoxy) is 1. The van der Waals surface area contributed by atoms with E-state index in [1.165, 1.54) is 7.11 Å². The molecule has 1 amide bonds. The minimum atomic E-state index is -0.0950. The molecule has 8 nitrogen and oxygen atoms in total. The Labute approximate surface area is 115 Å². The van der Waals surface area contributed by atoms with Gasteiger partial charge in [0.2, 0.25) is 11.8 Å². The van der Waals surface area contributed by atoms with Gasteiger partial charge in [0.15, 0.2) is 5.82 Å². The van der Waals surface area contributed by atoms with Gasteiger partial charge in [0.05, 0.1) is 13.0 Å². The molecule has 1 fully saturated rings. The summed E-state index contributed by atoms with van der Waals surface area (Å²) < 4.78 is 11.8. The number of rotatable bonds is 3. The van der Waals surface area contributed by atoms with Crippen LogP contribution < -0.4 is 4.74 Å². The van der Waals surface area contributed by atoms with Crippen LogP contribution in [0.1, 0.15) is 28.0 Å². The van der Waals surface area contributed by atoms with Crippen LogP contribution in [0.3, 0.4) is 0 Å². The normalized spacial score (nSPS) is 15.2.